The fraction of sp³-hybridized carbons (Fsp3) is 0.727. The quantitative estimate of drug-likeness (QED) is 0.678. The zero-order valence-electron chi connectivity index (χ0n) is 17.0. The lowest BCUT2D eigenvalue weighted by Gasteiger charge is -2.39. The van der Waals surface area contributed by atoms with Gasteiger partial charge in [0.25, 0.3) is 0 Å². The molecule has 0 spiro atoms. The van der Waals surface area contributed by atoms with Crippen LogP contribution in [0.4, 0.5) is 0 Å². The van der Waals surface area contributed by atoms with Gasteiger partial charge in [-0.3, -0.25) is 0 Å². The van der Waals surface area contributed by atoms with Crippen LogP contribution in [0.3, 0.4) is 0 Å². The molecule has 3 heteroatoms. The first-order chi connectivity index (χ1) is 11.9. The van der Waals surface area contributed by atoms with Crippen molar-refractivity contribution in [3.63, 3.8) is 0 Å². The number of ether oxygens (including phenoxy) is 1. The van der Waals surface area contributed by atoms with Gasteiger partial charge in [-0.15, -0.1) is 0 Å². The molecule has 2 atom stereocenters. The van der Waals surface area contributed by atoms with Crippen molar-refractivity contribution in [1.82, 2.24) is 10.2 Å². The van der Waals surface area contributed by atoms with E-state index in [1.54, 1.807) is 0 Å². The molecule has 0 unspecified atom stereocenters. The zero-order chi connectivity index (χ0) is 18.3. The molecule has 1 saturated heterocycles. The third-order valence-electron chi connectivity index (χ3n) is 5.40. The van der Waals surface area contributed by atoms with Crippen LogP contribution in [0.2, 0.25) is 0 Å². The first kappa shape index (κ1) is 20.4. The second-order valence-corrected chi connectivity index (χ2v) is 8.57. The lowest BCUT2D eigenvalue weighted by atomic mass is 9.75. The summed E-state index contributed by atoms with van der Waals surface area (Å²) in [7, 11) is 4.28. The van der Waals surface area contributed by atoms with Gasteiger partial charge in [0.05, 0.1) is 5.60 Å². The fourth-order valence-corrected chi connectivity index (χ4v) is 4.01. The Balaban J connectivity index is 1.94. The van der Waals surface area contributed by atoms with Crippen LogP contribution < -0.4 is 5.32 Å². The van der Waals surface area contributed by atoms with Gasteiger partial charge in [0.15, 0.2) is 0 Å². The van der Waals surface area contributed by atoms with Gasteiger partial charge < -0.3 is 15.0 Å². The molecule has 1 aromatic carbocycles. The fourth-order valence-electron chi connectivity index (χ4n) is 4.01. The Kier molecular flexibility index (Phi) is 7.92. The van der Waals surface area contributed by atoms with Gasteiger partial charge in [0.2, 0.25) is 0 Å². The molecule has 2 rings (SSSR count). The standard InChI is InChI=1S/C22H38N2O/c1-18-7-9-19(10-8-18)21(11-14-23-13-6-15-24(4)5)20-12-16-25-22(2,3)17-20/h7-10,20-21,23H,6,11-17H2,1-5H3/t20-,21+/m0/s1. The van der Waals surface area contributed by atoms with Crippen LogP contribution >= 0.6 is 0 Å². The van der Waals surface area contributed by atoms with Crippen LogP contribution in [0.5, 0.6) is 0 Å². The van der Waals surface area contributed by atoms with Crippen molar-refractivity contribution in [2.45, 2.75) is 58.0 Å². The summed E-state index contributed by atoms with van der Waals surface area (Å²) in [5.74, 6) is 1.35. The van der Waals surface area contributed by atoms with E-state index in [-0.39, 0.29) is 5.60 Å². The van der Waals surface area contributed by atoms with Crippen LogP contribution in [0.25, 0.3) is 0 Å². The maximum atomic E-state index is 5.96. The molecule has 142 valence electrons. The van der Waals surface area contributed by atoms with E-state index in [4.69, 9.17) is 4.74 Å². The zero-order valence-corrected chi connectivity index (χ0v) is 17.0. The minimum absolute atomic E-state index is 0.0189. The number of hydrogen-bond acceptors (Lipinski definition) is 3. The number of rotatable bonds is 9. The van der Waals surface area contributed by atoms with Crippen molar-refractivity contribution in [2.75, 3.05) is 40.3 Å². The Labute approximate surface area is 155 Å². The minimum Gasteiger partial charge on any atom is -0.376 e. The first-order valence-corrected chi connectivity index (χ1v) is 9.93. The van der Waals surface area contributed by atoms with E-state index in [0.29, 0.717) is 5.92 Å². The molecule has 0 radical (unpaired) electrons. The molecule has 1 fully saturated rings. The molecule has 0 amide bonds. The average Bonchev–Trinajstić information content (AvgIpc) is 2.54. The van der Waals surface area contributed by atoms with Gasteiger partial charge in [0, 0.05) is 6.61 Å². The van der Waals surface area contributed by atoms with Gasteiger partial charge in [0.1, 0.15) is 0 Å². The van der Waals surface area contributed by atoms with Crippen LogP contribution in [0, 0.1) is 12.8 Å². The highest BCUT2D eigenvalue weighted by Crippen LogP contribution is 2.39. The van der Waals surface area contributed by atoms with Crippen molar-refractivity contribution in [1.29, 1.82) is 0 Å². The summed E-state index contributed by atoms with van der Waals surface area (Å²) < 4.78 is 5.96. The third kappa shape index (κ3) is 7.08. The summed E-state index contributed by atoms with van der Waals surface area (Å²) in [6, 6.07) is 9.21. The van der Waals surface area contributed by atoms with Crippen molar-refractivity contribution in [3.8, 4) is 0 Å². The van der Waals surface area contributed by atoms with Crippen molar-refractivity contribution in [3.05, 3.63) is 35.4 Å². The molecular formula is C22H38N2O. The molecule has 0 aromatic heterocycles. The molecular weight excluding hydrogens is 308 g/mol. The third-order valence-corrected chi connectivity index (χ3v) is 5.40. The van der Waals surface area contributed by atoms with E-state index >= 15 is 0 Å². The molecule has 1 aliphatic rings. The Hall–Kier alpha value is -0.900. The SMILES string of the molecule is Cc1ccc([C@@H](CCNCCCN(C)C)[C@H]2CCOC(C)(C)C2)cc1. The van der Waals surface area contributed by atoms with Gasteiger partial charge in [-0.2, -0.15) is 0 Å². The predicted molar refractivity (Wildman–Crippen MR) is 107 cm³/mol. The van der Waals surface area contributed by atoms with Crippen LogP contribution in [-0.4, -0.2) is 50.8 Å². The number of nitrogens with one attached hydrogen (secondary N) is 1. The molecule has 0 aliphatic carbocycles. The van der Waals surface area contributed by atoms with Crippen LogP contribution in [-0.2, 0) is 4.74 Å². The molecule has 3 nitrogen and oxygen atoms in total. The van der Waals surface area contributed by atoms with Gasteiger partial charge in [-0.25, -0.2) is 0 Å². The second-order valence-electron chi connectivity index (χ2n) is 8.57. The molecule has 1 heterocycles. The summed E-state index contributed by atoms with van der Waals surface area (Å²) in [6.07, 6.45) is 4.77. The number of hydrogen-bond donors (Lipinski definition) is 1. The predicted octanol–water partition coefficient (Wildman–Crippen LogP) is 4.22. The molecule has 1 aromatic rings. The maximum absolute atomic E-state index is 5.96. The van der Waals surface area contributed by atoms with Crippen molar-refractivity contribution >= 4 is 0 Å². The topological polar surface area (TPSA) is 24.5 Å². The Morgan fingerprint density at radius 1 is 1.20 bits per heavy atom. The van der Waals surface area contributed by atoms with E-state index < -0.39 is 0 Å². The second kappa shape index (κ2) is 9.70. The van der Waals surface area contributed by atoms with E-state index in [2.05, 4.69) is 69.3 Å². The monoisotopic (exact) mass is 346 g/mol. The number of aryl methyl sites for hydroxylation is 1. The summed E-state index contributed by atoms with van der Waals surface area (Å²) >= 11 is 0. The summed E-state index contributed by atoms with van der Waals surface area (Å²) in [5.41, 5.74) is 2.87. The van der Waals surface area contributed by atoms with E-state index in [9.17, 15) is 0 Å². The number of nitrogens with zero attached hydrogens (tertiary/aromatic N) is 1. The average molecular weight is 347 g/mol. The molecule has 0 saturated carbocycles. The van der Waals surface area contributed by atoms with E-state index in [0.717, 1.165) is 38.6 Å². The molecule has 25 heavy (non-hydrogen) atoms. The first-order valence-electron chi connectivity index (χ1n) is 9.93. The Morgan fingerprint density at radius 2 is 1.92 bits per heavy atom. The van der Waals surface area contributed by atoms with Gasteiger partial charge in [-0.05, 0) is 97.6 Å². The van der Waals surface area contributed by atoms with Gasteiger partial charge in [-0.1, -0.05) is 29.8 Å². The summed E-state index contributed by atoms with van der Waals surface area (Å²) in [4.78, 5) is 2.25. The minimum atomic E-state index is 0.0189. The largest absolute Gasteiger partial charge is 0.376 e. The normalized spacial score (nSPS) is 21.4. The molecule has 1 aliphatic heterocycles. The summed E-state index contributed by atoms with van der Waals surface area (Å²) in [6.45, 7) is 10.9. The maximum Gasteiger partial charge on any atom is 0.0629 e. The highest BCUT2D eigenvalue weighted by Gasteiger charge is 2.33. The molecule has 0 bridgehead atoms. The van der Waals surface area contributed by atoms with Gasteiger partial charge >= 0.3 is 0 Å². The number of benzene rings is 1. The lowest BCUT2D eigenvalue weighted by Crippen LogP contribution is -2.37. The summed E-state index contributed by atoms with van der Waals surface area (Å²) in [5, 5.41) is 3.65. The highest BCUT2D eigenvalue weighted by atomic mass is 16.5. The smallest absolute Gasteiger partial charge is 0.0629 e. The molecule has 1 N–H and O–H groups in total. The Morgan fingerprint density at radius 3 is 2.56 bits per heavy atom. The van der Waals surface area contributed by atoms with E-state index in [1.807, 2.05) is 0 Å². The lowest BCUT2D eigenvalue weighted by molar-refractivity contribution is -0.0771. The highest BCUT2D eigenvalue weighted by molar-refractivity contribution is 5.25. The van der Waals surface area contributed by atoms with E-state index in [1.165, 1.54) is 30.4 Å². The Bertz CT molecular complexity index is 495. The van der Waals surface area contributed by atoms with Crippen molar-refractivity contribution in [2.24, 2.45) is 5.92 Å². The van der Waals surface area contributed by atoms with Crippen LogP contribution in [0.15, 0.2) is 24.3 Å². The van der Waals surface area contributed by atoms with Crippen molar-refractivity contribution < 1.29 is 4.74 Å². The van der Waals surface area contributed by atoms with Crippen LogP contribution in [0.1, 0.15) is 56.6 Å².